The molecule has 2 N–H and O–H groups in total. The molecule has 0 aliphatic heterocycles. The Morgan fingerprint density at radius 3 is 2.69 bits per heavy atom. The fourth-order valence-corrected chi connectivity index (χ4v) is 2.58. The van der Waals surface area contributed by atoms with Crippen LogP contribution in [-0.4, -0.2) is 52.2 Å². The molecule has 2 rings (SSSR count). The summed E-state index contributed by atoms with van der Waals surface area (Å²) < 4.78 is 1.76. The standard InChI is InChI=1S/C17H24N6O3/c1-4-21(5-2)8-9-22-12-13(11-19-22)20-17(24)15-10-14(23(25)26)6-7-16(15)18-3/h6-7,10-12,18H,4-5,8-9H2,1-3H3,(H,20,24). The largest absolute Gasteiger partial charge is 0.387 e. The summed E-state index contributed by atoms with van der Waals surface area (Å²) in [5.74, 6) is -0.429. The first kappa shape index (κ1) is 19.4. The monoisotopic (exact) mass is 360 g/mol. The number of amides is 1. The van der Waals surface area contributed by atoms with Crippen LogP contribution in [0.25, 0.3) is 0 Å². The quantitative estimate of drug-likeness (QED) is 0.525. The van der Waals surface area contributed by atoms with Crippen molar-refractivity contribution in [1.29, 1.82) is 0 Å². The number of nitrogens with zero attached hydrogens (tertiary/aromatic N) is 4. The molecule has 1 heterocycles. The van der Waals surface area contributed by atoms with E-state index in [1.54, 1.807) is 24.1 Å². The molecule has 0 aliphatic rings. The minimum Gasteiger partial charge on any atom is -0.387 e. The third kappa shape index (κ3) is 4.79. The highest BCUT2D eigenvalue weighted by Crippen LogP contribution is 2.23. The van der Waals surface area contributed by atoms with Crippen LogP contribution in [0.15, 0.2) is 30.6 Å². The van der Waals surface area contributed by atoms with Crippen LogP contribution < -0.4 is 10.6 Å². The lowest BCUT2D eigenvalue weighted by atomic mass is 10.1. The van der Waals surface area contributed by atoms with E-state index in [-0.39, 0.29) is 11.3 Å². The summed E-state index contributed by atoms with van der Waals surface area (Å²) in [6.45, 7) is 7.75. The van der Waals surface area contributed by atoms with Gasteiger partial charge in [-0.25, -0.2) is 0 Å². The lowest BCUT2D eigenvalue weighted by Gasteiger charge is -2.17. The van der Waals surface area contributed by atoms with Gasteiger partial charge in [-0.2, -0.15) is 5.10 Å². The number of aromatic nitrogens is 2. The molecule has 0 bridgehead atoms. The van der Waals surface area contributed by atoms with Gasteiger partial charge in [-0.05, 0) is 19.2 Å². The van der Waals surface area contributed by atoms with Gasteiger partial charge in [0.2, 0.25) is 0 Å². The number of anilines is 2. The maximum absolute atomic E-state index is 12.5. The molecule has 0 saturated carbocycles. The Hall–Kier alpha value is -2.94. The maximum atomic E-state index is 12.5. The number of hydrogen-bond acceptors (Lipinski definition) is 6. The molecule has 1 aromatic heterocycles. The molecular formula is C17H24N6O3. The Morgan fingerprint density at radius 1 is 1.35 bits per heavy atom. The van der Waals surface area contributed by atoms with E-state index in [2.05, 4.69) is 34.5 Å². The van der Waals surface area contributed by atoms with Crippen LogP contribution >= 0.6 is 0 Å². The zero-order chi connectivity index (χ0) is 19.1. The van der Waals surface area contributed by atoms with E-state index in [4.69, 9.17) is 0 Å². The summed E-state index contributed by atoms with van der Waals surface area (Å²) in [5.41, 5.74) is 1.13. The average molecular weight is 360 g/mol. The van der Waals surface area contributed by atoms with Crippen molar-refractivity contribution in [2.75, 3.05) is 37.3 Å². The van der Waals surface area contributed by atoms with Crippen LogP contribution in [0.5, 0.6) is 0 Å². The molecular weight excluding hydrogens is 336 g/mol. The first-order valence-corrected chi connectivity index (χ1v) is 8.50. The summed E-state index contributed by atoms with van der Waals surface area (Å²) in [4.78, 5) is 25.2. The molecule has 9 heteroatoms. The average Bonchev–Trinajstić information content (AvgIpc) is 3.09. The van der Waals surface area contributed by atoms with E-state index in [0.717, 1.165) is 26.2 Å². The van der Waals surface area contributed by atoms with Crippen molar-refractivity contribution in [3.05, 3.63) is 46.3 Å². The number of likely N-dealkylation sites (N-methyl/N-ethyl adjacent to an activating group) is 1. The van der Waals surface area contributed by atoms with Crippen LogP contribution in [-0.2, 0) is 6.54 Å². The van der Waals surface area contributed by atoms with Gasteiger partial charge in [-0.15, -0.1) is 0 Å². The smallest absolute Gasteiger partial charge is 0.270 e. The molecule has 0 spiro atoms. The number of rotatable bonds is 9. The molecule has 0 unspecified atom stereocenters. The Bertz CT molecular complexity index is 770. The third-order valence-corrected chi connectivity index (χ3v) is 4.16. The highest BCUT2D eigenvalue weighted by molar-refractivity contribution is 6.08. The minimum absolute atomic E-state index is 0.135. The highest BCUT2D eigenvalue weighted by atomic mass is 16.6. The predicted molar refractivity (Wildman–Crippen MR) is 101 cm³/mol. The molecule has 0 fully saturated rings. The molecule has 0 radical (unpaired) electrons. The normalized spacial score (nSPS) is 10.8. The Kier molecular flexibility index (Phi) is 6.67. The molecule has 140 valence electrons. The van der Waals surface area contributed by atoms with Crippen molar-refractivity contribution in [2.24, 2.45) is 0 Å². The molecule has 2 aromatic rings. The fraction of sp³-hybridized carbons (Fsp3) is 0.412. The number of hydrogen-bond donors (Lipinski definition) is 2. The van der Waals surface area contributed by atoms with Crippen LogP contribution in [0.2, 0.25) is 0 Å². The maximum Gasteiger partial charge on any atom is 0.270 e. The van der Waals surface area contributed by atoms with E-state index in [0.29, 0.717) is 11.4 Å². The number of carbonyl (C=O) groups is 1. The fourth-order valence-electron chi connectivity index (χ4n) is 2.58. The second-order valence-corrected chi connectivity index (χ2v) is 5.71. The van der Waals surface area contributed by atoms with Crippen molar-refractivity contribution < 1.29 is 9.72 Å². The number of nitro groups is 1. The van der Waals surface area contributed by atoms with Crippen LogP contribution in [0.4, 0.5) is 17.1 Å². The number of non-ortho nitro benzene ring substituents is 1. The summed E-state index contributed by atoms with van der Waals surface area (Å²) in [6.07, 6.45) is 3.31. The van der Waals surface area contributed by atoms with Gasteiger partial charge in [0.25, 0.3) is 11.6 Å². The number of nitro benzene ring substituents is 1. The van der Waals surface area contributed by atoms with Gasteiger partial charge in [-0.3, -0.25) is 19.6 Å². The third-order valence-electron chi connectivity index (χ3n) is 4.16. The van der Waals surface area contributed by atoms with Crippen molar-refractivity contribution in [1.82, 2.24) is 14.7 Å². The second-order valence-electron chi connectivity index (χ2n) is 5.71. The number of carbonyl (C=O) groups excluding carboxylic acids is 1. The zero-order valence-electron chi connectivity index (χ0n) is 15.2. The van der Waals surface area contributed by atoms with Gasteiger partial charge in [-0.1, -0.05) is 13.8 Å². The topological polar surface area (TPSA) is 105 Å². The van der Waals surface area contributed by atoms with Gasteiger partial charge in [0.15, 0.2) is 0 Å². The van der Waals surface area contributed by atoms with Crippen LogP contribution in [0, 0.1) is 10.1 Å². The zero-order valence-corrected chi connectivity index (χ0v) is 15.2. The number of nitrogens with one attached hydrogen (secondary N) is 2. The molecule has 0 saturated heterocycles. The van der Waals surface area contributed by atoms with E-state index >= 15 is 0 Å². The Balaban J connectivity index is 2.08. The Labute approximate surface area is 152 Å². The van der Waals surface area contributed by atoms with Crippen molar-refractivity contribution >= 4 is 23.0 Å². The SMILES string of the molecule is CCN(CC)CCn1cc(NC(=O)c2cc([N+](=O)[O-])ccc2NC)cn1. The first-order chi connectivity index (χ1) is 12.5. The molecule has 1 amide bonds. The molecule has 9 nitrogen and oxygen atoms in total. The Morgan fingerprint density at radius 2 is 2.08 bits per heavy atom. The molecule has 0 atom stereocenters. The van der Waals surface area contributed by atoms with E-state index in [9.17, 15) is 14.9 Å². The summed E-state index contributed by atoms with van der Waals surface area (Å²) >= 11 is 0. The molecule has 0 aliphatic carbocycles. The molecule has 26 heavy (non-hydrogen) atoms. The predicted octanol–water partition coefficient (Wildman–Crippen LogP) is 2.43. The summed E-state index contributed by atoms with van der Waals surface area (Å²) in [7, 11) is 1.66. The van der Waals surface area contributed by atoms with Crippen molar-refractivity contribution in [2.45, 2.75) is 20.4 Å². The second kappa shape index (κ2) is 8.95. The first-order valence-electron chi connectivity index (χ1n) is 8.50. The van der Waals surface area contributed by atoms with Crippen LogP contribution in [0.3, 0.4) is 0 Å². The number of benzene rings is 1. The van der Waals surface area contributed by atoms with Crippen molar-refractivity contribution in [3.63, 3.8) is 0 Å². The van der Waals surface area contributed by atoms with E-state index in [1.807, 2.05) is 0 Å². The van der Waals surface area contributed by atoms with Gasteiger partial charge >= 0.3 is 0 Å². The van der Waals surface area contributed by atoms with Gasteiger partial charge < -0.3 is 15.5 Å². The van der Waals surface area contributed by atoms with Crippen molar-refractivity contribution in [3.8, 4) is 0 Å². The lowest BCUT2D eigenvalue weighted by molar-refractivity contribution is -0.384. The van der Waals surface area contributed by atoms with Gasteiger partial charge in [0.1, 0.15) is 0 Å². The summed E-state index contributed by atoms with van der Waals surface area (Å²) in [6, 6.07) is 4.13. The van der Waals surface area contributed by atoms with Gasteiger partial charge in [0.05, 0.1) is 28.9 Å². The summed E-state index contributed by atoms with van der Waals surface area (Å²) in [5, 5.41) is 20.8. The lowest BCUT2D eigenvalue weighted by Crippen LogP contribution is -2.27. The van der Waals surface area contributed by atoms with E-state index < -0.39 is 10.8 Å². The van der Waals surface area contributed by atoms with Gasteiger partial charge in [0, 0.05) is 37.6 Å². The highest BCUT2D eigenvalue weighted by Gasteiger charge is 2.17. The molecule has 1 aromatic carbocycles. The van der Waals surface area contributed by atoms with E-state index in [1.165, 1.54) is 18.2 Å². The van der Waals surface area contributed by atoms with Crippen LogP contribution in [0.1, 0.15) is 24.2 Å². The minimum atomic E-state index is -0.526.